The van der Waals surface area contributed by atoms with E-state index in [1.54, 1.807) is 6.20 Å². The molecule has 25 heavy (non-hydrogen) atoms. The van der Waals surface area contributed by atoms with E-state index in [-0.39, 0.29) is 18.1 Å². The van der Waals surface area contributed by atoms with Crippen LogP contribution in [0.1, 0.15) is 35.5 Å². The third-order valence-corrected chi connectivity index (χ3v) is 4.27. The van der Waals surface area contributed by atoms with Gasteiger partial charge < -0.3 is 10.1 Å². The first-order valence-corrected chi connectivity index (χ1v) is 8.75. The molecule has 3 rings (SSSR count). The third-order valence-electron chi connectivity index (χ3n) is 4.27. The topological polar surface area (TPSA) is 54.5 Å². The Kier molecular flexibility index (Phi) is 5.79. The summed E-state index contributed by atoms with van der Waals surface area (Å²) in [7, 11) is 0. The maximum absolute atomic E-state index is 12.2. The van der Waals surface area contributed by atoms with E-state index < -0.39 is 0 Å². The second-order valence-corrected chi connectivity index (χ2v) is 6.65. The van der Waals surface area contributed by atoms with Crippen LogP contribution >= 0.6 is 0 Å². The van der Waals surface area contributed by atoms with Crippen LogP contribution in [0, 0.1) is 0 Å². The summed E-state index contributed by atoms with van der Waals surface area (Å²) in [6.07, 6.45) is 2.25. The molecule has 1 saturated heterocycles. The van der Waals surface area contributed by atoms with Crippen LogP contribution < -0.4 is 5.32 Å². The van der Waals surface area contributed by atoms with Crippen LogP contribution in [0.15, 0.2) is 48.7 Å². The molecule has 0 radical (unpaired) electrons. The van der Waals surface area contributed by atoms with Crippen molar-refractivity contribution in [1.29, 1.82) is 0 Å². The molecule has 0 bridgehead atoms. The van der Waals surface area contributed by atoms with Gasteiger partial charge in [-0.3, -0.25) is 14.7 Å². The predicted octanol–water partition coefficient (Wildman–Crippen LogP) is 2.62. The molecule has 1 aromatic carbocycles. The normalized spacial score (nSPS) is 21.0. The number of hydrogen-bond donors (Lipinski definition) is 1. The highest BCUT2D eigenvalue weighted by Gasteiger charge is 2.22. The van der Waals surface area contributed by atoms with Gasteiger partial charge in [0.1, 0.15) is 0 Å². The molecule has 0 spiro atoms. The third kappa shape index (κ3) is 5.11. The minimum atomic E-state index is -0.0779. The van der Waals surface area contributed by atoms with Gasteiger partial charge in [0.15, 0.2) is 0 Å². The van der Waals surface area contributed by atoms with E-state index in [4.69, 9.17) is 4.74 Å². The highest BCUT2D eigenvalue weighted by atomic mass is 16.5. The minimum Gasteiger partial charge on any atom is -0.373 e. The predicted molar refractivity (Wildman–Crippen MR) is 97.1 cm³/mol. The number of ether oxygens (including phenoxy) is 1. The quantitative estimate of drug-likeness (QED) is 0.910. The highest BCUT2D eigenvalue weighted by Crippen LogP contribution is 2.14. The molecule has 132 valence electrons. The second kappa shape index (κ2) is 8.23. The van der Waals surface area contributed by atoms with E-state index in [9.17, 15) is 4.79 Å². The van der Waals surface area contributed by atoms with Gasteiger partial charge in [0.2, 0.25) is 0 Å². The second-order valence-electron chi connectivity index (χ2n) is 6.65. The fourth-order valence-corrected chi connectivity index (χ4v) is 3.21. The number of morpholine rings is 1. The van der Waals surface area contributed by atoms with Gasteiger partial charge in [0.05, 0.1) is 24.4 Å². The molecule has 2 atom stereocenters. The zero-order valence-corrected chi connectivity index (χ0v) is 14.8. The number of pyridine rings is 1. The molecular formula is C20H25N3O2. The Bertz CT molecular complexity index is 678. The van der Waals surface area contributed by atoms with E-state index in [0.29, 0.717) is 12.1 Å². The summed E-state index contributed by atoms with van der Waals surface area (Å²) in [6, 6.07) is 13.5. The van der Waals surface area contributed by atoms with E-state index in [1.165, 1.54) is 5.56 Å². The van der Waals surface area contributed by atoms with Crippen molar-refractivity contribution in [2.75, 3.05) is 13.1 Å². The summed E-state index contributed by atoms with van der Waals surface area (Å²) in [4.78, 5) is 18.8. The fourth-order valence-electron chi connectivity index (χ4n) is 3.21. The number of amides is 1. The molecule has 1 fully saturated rings. The Hall–Kier alpha value is -2.24. The molecule has 1 N–H and O–H groups in total. The number of hydrogen-bond acceptors (Lipinski definition) is 4. The molecule has 1 amide bonds. The lowest BCUT2D eigenvalue weighted by Gasteiger charge is -2.35. The van der Waals surface area contributed by atoms with E-state index >= 15 is 0 Å². The SMILES string of the molecule is C[C@@H]1CN(Cc2ccc(C(=O)NCc3ccccn3)cc2)C[C@@H](C)O1. The first kappa shape index (κ1) is 17.6. The highest BCUT2D eigenvalue weighted by molar-refractivity contribution is 5.94. The smallest absolute Gasteiger partial charge is 0.251 e. The molecule has 0 aliphatic carbocycles. The van der Waals surface area contributed by atoms with Crippen LogP contribution in [0.2, 0.25) is 0 Å². The van der Waals surface area contributed by atoms with Crippen molar-refractivity contribution >= 4 is 5.91 Å². The molecule has 2 heterocycles. The lowest BCUT2D eigenvalue weighted by atomic mass is 10.1. The summed E-state index contributed by atoms with van der Waals surface area (Å²) in [5.41, 5.74) is 2.73. The van der Waals surface area contributed by atoms with Gasteiger partial charge in [-0.1, -0.05) is 18.2 Å². The number of benzene rings is 1. The van der Waals surface area contributed by atoms with Crippen LogP contribution in [0.5, 0.6) is 0 Å². The van der Waals surface area contributed by atoms with Crippen molar-refractivity contribution in [3.05, 3.63) is 65.5 Å². The van der Waals surface area contributed by atoms with Crippen LogP contribution in [0.3, 0.4) is 0 Å². The van der Waals surface area contributed by atoms with Gasteiger partial charge in [0.25, 0.3) is 5.91 Å². The number of aromatic nitrogens is 1. The number of carbonyl (C=O) groups excluding carboxylic acids is 1. The number of carbonyl (C=O) groups is 1. The average Bonchev–Trinajstić information content (AvgIpc) is 2.60. The van der Waals surface area contributed by atoms with Crippen LogP contribution in [0.4, 0.5) is 0 Å². The molecule has 1 aliphatic heterocycles. The summed E-state index contributed by atoms with van der Waals surface area (Å²) >= 11 is 0. The van der Waals surface area contributed by atoms with Crippen LogP contribution in [-0.2, 0) is 17.8 Å². The Morgan fingerprint density at radius 1 is 1.16 bits per heavy atom. The van der Waals surface area contributed by atoms with Gasteiger partial charge in [-0.2, -0.15) is 0 Å². The molecule has 5 heteroatoms. The van der Waals surface area contributed by atoms with Crippen LogP contribution in [0.25, 0.3) is 0 Å². The zero-order valence-electron chi connectivity index (χ0n) is 14.8. The molecule has 0 saturated carbocycles. The van der Waals surface area contributed by atoms with Crippen molar-refractivity contribution < 1.29 is 9.53 Å². The first-order valence-electron chi connectivity index (χ1n) is 8.75. The van der Waals surface area contributed by atoms with E-state index in [2.05, 4.69) is 29.0 Å². The number of nitrogens with one attached hydrogen (secondary N) is 1. The molecule has 2 aromatic rings. The maximum atomic E-state index is 12.2. The van der Waals surface area contributed by atoms with E-state index in [0.717, 1.165) is 25.3 Å². The average molecular weight is 339 g/mol. The van der Waals surface area contributed by atoms with Crippen molar-refractivity contribution in [1.82, 2.24) is 15.2 Å². The summed E-state index contributed by atoms with van der Waals surface area (Å²) < 4.78 is 5.77. The number of nitrogens with zero attached hydrogens (tertiary/aromatic N) is 2. The zero-order chi connectivity index (χ0) is 17.6. The van der Waals surface area contributed by atoms with Gasteiger partial charge in [-0.15, -0.1) is 0 Å². The standard InChI is InChI=1S/C20H25N3O2/c1-15-12-23(13-16(2)25-15)14-17-6-8-18(9-7-17)20(24)22-11-19-5-3-4-10-21-19/h3-10,15-16H,11-14H2,1-2H3,(H,22,24)/t15-,16-/m1/s1. The number of rotatable bonds is 5. The molecular weight excluding hydrogens is 314 g/mol. The maximum Gasteiger partial charge on any atom is 0.251 e. The fraction of sp³-hybridized carbons (Fsp3) is 0.400. The molecule has 5 nitrogen and oxygen atoms in total. The van der Waals surface area contributed by atoms with Crippen molar-refractivity contribution in [3.63, 3.8) is 0 Å². The largest absolute Gasteiger partial charge is 0.373 e. The molecule has 1 aromatic heterocycles. The summed E-state index contributed by atoms with van der Waals surface area (Å²) in [6.45, 7) is 7.42. The first-order chi connectivity index (χ1) is 12.1. The van der Waals surface area contributed by atoms with Crippen molar-refractivity contribution in [2.45, 2.75) is 39.1 Å². The summed E-state index contributed by atoms with van der Waals surface area (Å²) in [5, 5.41) is 2.90. The Morgan fingerprint density at radius 2 is 1.88 bits per heavy atom. The molecule has 1 aliphatic rings. The Morgan fingerprint density at radius 3 is 2.52 bits per heavy atom. The van der Waals surface area contributed by atoms with Crippen molar-refractivity contribution in [2.24, 2.45) is 0 Å². The monoisotopic (exact) mass is 339 g/mol. The minimum absolute atomic E-state index is 0.0779. The van der Waals surface area contributed by atoms with Crippen molar-refractivity contribution in [3.8, 4) is 0 Å². The summed E-state index contributed by atoms with van der Waals surface area (Å²) in [5.74, 6) is -0.0779. The van der Waals surface area contributed by atoms with E-state index in [1.807, 2.05) is 42.5 Å². The van der Waals surface area contributed by atoms with Gasteiger partial charge >= 0.3 is 0 Å². The molecule has 0 unspecified atom stereocenters. The lowest BCUT2D eigenvalue weighted by Crippen LogP contribution is -2.44. The van der Waals surface area contributed by atoms with Crippen LogP contribution in [-0.4, -0.2) is 41.1 Å². The van der Waals surface area contributed by atoms with Gasteiger partial charge in [0, 0.05) is 31.4 Å². The van der Waals surface area contributed by atoms with Gasteiger partial charge in [-0.25, -0.2) is 0 Å². The Balaban J connectivity index is 1.53. The van der Waals surface area contributed by atoms with Gasteiger partial charge in [-0.05, 0) is 43.7 Å². The lowest BCUT2D eigenvalue weighted by molar-refractivity contribution is -0.0704. The Labute approximate surface area is 149 Å².